The molecule has 2 aliphatic rings. The van der Waals surface area contributed by atoms with E-state index in [0.717, 1.165) is 24.1 Å². The third kappa shape index (κ3) is 3.77. The minimum atomic E-state index is -0.719. The second kappa shape index (κ2) is 7.78. The smallest absolute Gasteiger partial charge is 0.325 e. The van der Waals surface area contributed by atoms with Gasteiger partial charge >= 0.3 is 6.03 Å². The predicted octanol–water partition coefficient (Wildman–Crippen LogP) is 3.21. The zero-order valence-electron chi connectivity index (χ0n) is 15.4. The summed E-state index contributed by atoms with van der Waals surface area (Å²) in [5, 5.41) is 7.92. The van der Waals surface area contributed by atoms with E-state index in [2.05, 4.69) is 24.5 Å². The lowest BCUT2D eigenvalue weighted by Crippen LogP contribution is -2.48. The second-order valence-corrected chi connectivity index (χ2v) is 8.56. The second-order valence-electron chi connectivity index (χ2n) is 7.58. The van der Waals surface area contributed by atoms with Crippen LogP contribution in [0.2, 0.25) is 0 Å². The van der Waals surface area contributed by atoms with Crippen molar-refractivity contribution in [3.8, 4) is 0 Å². The molecule has 1 aliphatic heterocycles. The largest absolute Gasteiger partial charge is 0.348 e. The Balaban J connectivity index is 1.57. The number of imide groups is 1. The molecule has 1 saturated carbocycles. The summed E-state index contributed by atoms with van der Waals surface area (Å²) < 4.78 is 0. The molecule has 1 aromatic heterocycles. The lowest BCUT2D eigenvalue weighted by Gasteiger charge is -2.30. The third-order valence-corrected chi connectivity index (χ3v) is 6.30. The Morgan fingerprint density at radius 1 is 1.31 bits per heavy atom. The SMILES string of the molecule is CC(C)[C@H](NC(=O)CCN1C(=O)NC2(CCCCC2)C1=O)c1cccs1. The number of carbonyl (C=O) groups excluding carboxylic acids is 3. The molecule has 0 radical (unpaired) electrons. The lowest BCUT2D eigenvalue weighted by molar-refractivity contribution is -0.132. The number of thiophene rings is 1. The summed E-state index contributed by atoms with van der Waals surface area (Å²) in [5.41, 5.74) is -0.719. The van der Waals surface area contributed by atoms with Gasteiger partial charge in [0, 0.05) is 17.8 Å². The predicted molar refractivity (Wildman–Crippen MR) is 101 cm³/mol. The van der Waals surface area contributed by atoms with Gasteiger partial charge in [-0.05, 0) is 30.2 Å². The van der Waals surface area contributed by atoms with Crippen LogP contribution in [0.5, 0.6) is 0 Å². The first-order valence-electron chi connectivity index (χ1n) is 9.40. The lowest BCUT2D eigenvalue weighted by atomic mass is 9.82. The maximum atomic E-state index is 12.7. The molecule has 0 bridgehead atoms. The van der Waals surface area contributed by atoms with Crippen LogP contribution in [-0.4, -0.2) is 34.8 Å². The molecule has 0 unspecified atom stereocenters. The molecule has 3 rings (SSSR count). The summed E-state index contributed by atoms with van der Waals surface area (Å²) in [6.07, 6.45) is 4.55. The Hall–Kier alpha value is -1.89. The van der Waals surface area contributed by atoms with Crippen LogP contribution in [0, 0.1) is 5.92 Å². The molecule has 4 amide bonds. The molecule has 2 fully saturated rings. The molecule has 2 N–H and O–H groups in total. The molecule has 7 heteroatoms. The Bertz CT molecular complexity index is 666. The molecule has 0 aromatic carbocycles. The minimum Gasteiger partial charge on any atom is -0.348 e. The van der Waals surface area contributed by atoms with E-state index in [1.807, 2.05) is 17.5 Å². The zero-order chi connectivity index (χ0) is 18.7. The summed E-state index contributed by atoms with van der Waals surface area (Å²) in [6, 6.07) is 3.58. The van der Waals surface area contributed by atoms with Crippen LogP contribution in [0.4, 0.5) is 4.79 Å². The van der Waals surface area contributed by atoms with E-state index in [0.29, 0.717) is 12.8 Å². The monoisotopic (exact) mass is 377 g/mol. The number of amides is 4. The number of hydrogen-bond donors (Lipinski definition) is 2. The standard InChI is InChI=1S/C19H27N3O3S/c1-13(2)16(14-7-6-12-26-14)20-15(23)8-11-22-17(24)19(21-18(22)25)9-4-3-5-10-19/h6-7,12-13,16H,3-5,8-11H2,1-2H3,(H,20,23)(H,21,25)/t16-/m0/s1. The van der Waals surface area contributed by atoms with Crippen LogP contribution in [0.25, 0.3) is 0 Å². The molecule has 1 atom stereocenters. The van der Waals surface area contributed by atoms with Gasteiger partial charge < -0.3 is 10.6 Å². The fraction of sp³-hybridized carbons (Fsp3) is 0.632. The van der Waals surface area contributed by atoms with E-state index in [1.54, 1.807) is 11.3 Å². The number of carbonyl (C=O) groups is 3. The summed E-state index contributed by atoms with van der Waals surface area (Å²) >= 11 is 1.62. The average Bonchev–Trinajstić information content (AvgIpc) is 3.20. The van der Waals surface area contributed by atoms with Crippen molar-refractivity contribution in [3.05, 3.63) is 22.4 Å². The molecule has 6 nitrogen and oxygen atoms in total. The van der Waals surface area contributed by atoms with E-state index >= 15 is 0 Å². The van der Waals surface area contributed by atoms with Gasteiger partial charge in [0.1, 0.15) is 5.54 Å². The van der Waals surface area contributed by atoms with Crippen LogP contribution in [0.1, 0.15) is 63.3 Å². The van der Waals surface area contributed by atoms with Crippen molar-refractivity contribution in [2.45, 2.75) is 64.0 Å². The van der Waals surface area contributed by atoms with E-state index in [-0.39, 0.29) is 42.8 Å². The van der Waals surface area contributed by atoms with E-state index in [1.165, 1.54) is 4.90 Å². The Morgan fingerprint density at radius 3 is 2.65 bits per heavy atom. The normalized spacial score (nSPS) is 20.5. The highest BCUT2D eigenvalue weighted by Crippen LogP contribution is 2.33. The number of nitrogens with zero attached hydrogens (tertiary/aromatic N) is 1. The van der Waals surface area contributed by atoms with Gasteiger partial charge in [-0.3, -0.25) is 14.5 Å². The van der Waals surface area contributed by atoms with Crippen molar-refractivity contribution in [3.63, 3.8) is 0 Å². The number of rotatable bonds is 6. The first kappa shape index (κ1) is 18.9. The molecule has 1 aliphatic carbocycles. The fourth-order valence-corrected chi connectivity index (χ4v) is 4.82. The summed E-state index contributed by atoms with van der Waals surface area (Å²) in [4.78, 5) is 39.7. The molecule has 1 spiro atoms. The van der Waals surface area contributed by atoms with Crippen molar-refractivity contribution in [1.82, 2.24) is 15.5 Å². The van der Waals surface area contributed by atoms with Crippen LogP contribution in [0.15, 0.2) is 17.5 Å². The van der Waals surface area contributed by atoms with Gasteiger partial charge in [0.05, 0.1) is 6.04 Å². The van der Waals surface area contributed by atoms with Crippen molar-refractivity contribution >= 4 is 29.2 Å². The maximum absolute atomic E-state index is 12.7. The molecule has 26 heavy (non-hydrogen) atoms. The van der Waals surface area contributed by atoms with Gasteiger partial charge in [-0.15, -0.1) is 11.3 Å². The summed E-state index contributed by atoms with van der Waals surface area (Å²) in [5.74, 6) is -0.0317. The van der Waals surface area contributed by atoms with Crippen LogP contribution in [0.3, 0.4) is 0 Å². The molecule has 2 heterocycles. The first-order valence-corrected chi connectivity index (χ1v) is 10.3. The highest BCUT2D eigenvalue weighted by molar-refractivity contribution is 7.10. The van der Waals surface area contributed by atoms with Gasteiger partial charge in [0.2, 0.25) is 5.91 Å². The zero-order valence-corrected chi connectivity index (χ0v) is 16.2. The maximum Gasteiger partial charge on any atom is 0.325 e. The Kier molecular flexibility index (Phi) is 5.65. The third-order valence-electron chi connectivity index (χ3n) is 5.35. The highest BCUT2D eigenvalue weighted by Gasteiger charge is 2.51. The minimum absolute atomic E-state index is 0.0460. The highest BCUT2D eigenvalue weighted by atomic mass is 32.1. The number of nitrogens with one attached hydrogen (secondary N) is 2. The van der Waals surface area contributed by atoms with Crippen molar-refractivity contribution < 1.29 is 14.4 Å². The number of urea groups is 1. The number of hydrogen-bond acceptors (Lipinski definition) is 4. The van der Waals surface area contributed by atoms with Gasteiger partial charge in [-0.2, -0.15) is 0 Å². The first-order chi connectivity index (χ1) is 12.4. The molecule has 142 valence electrons. The Morgan fingerprint density at radius 2 is 2.04 bits per heavy atom. The summed E-state index contributed by atoms with van der Waals surface area (Å²) in [7, 11) is 0. The van der Waals surface area contributed by atoms with Gasteiger partial charge in [-0.25, -0.2) is 4.79 Å². The van der Waals surface area contributed by atoms with Crippen molar-refractivity contribution in [2.24, 2.45) is 5.92 Å². The van der Waals surface area contributed by atoms with E-state index < -0.39 is 5.54 Å². The van der Waals surface area contributed by atoms with Crippen LogP contribution >= 0.6 is 11.3 Å². The average molecular weight is 378 g/mol. The molecule has 1 saturated heterocycles. The quantitative estimate of drug-likeness (QED) is 0.747. The molecular formula is C19H27N3O3S. The van der Waals surface area contributed by atoms with E-state index in [9.17, 15) is 14.4 Å². The van der Waals surface area contributed by atoms with E-state index in [4.69, 9.17) is 0 Å². The Labute approximate surface area is 158 Å². The van der Waals surface area contributed by atoms with Gasteiger partial charge in [0.15, 0.2) is 0 Å². The van der Waals surface area contributed by atoms with Crippen molar-refractivity contribution in [2.75, 3.05) is 6.54 Å². The topological polar surface area (TPSA) is 78.5 Å². The molecular weight excluding hydrogens is 350 g/mol. The summed E-state index contributed by atoms with van der Waals surface area (Å²) in [6.45, 7) is 4.26. The van der Waals surface area contributed by atoms with Crippen molar-refractivity contribution in [1.29, 1.82) is 0 Å². The molecule has 1 aromatic rings. The van der Waals surface area contributed by atoms with Crippen LogP contribution < -0.4 is 10.6 Å². The van der Waals surface area contributed by atoms with Crippen LogP contribution in [-0.2, 0) is 9.59 Å². The fourth-order valence-electron chi connectivity index (χ4n) is 3.87. The van der Waals surface area contributed by atoms with Gasteiger partial charge in [-0.1, -0.05) is 39.2 Å². The van der Waals surface area contributed by atoms with Gasteiger partial charge in [0.25, 0.3) is 5.91 Å².